The minimum absolute atomic E-state index is 0.0413. The minimum atomic E-state index is -0.209. The molecule has 10 nitrogen and oxygen atoms in total. The molecule has 3 aromatic rings. The fourth-order valence-corrected chi connectivity index (χ4v) is 4.42. The van der Waals surface area contributed by atoms with Crippen molar-refractivity contribution in [3.05, 3.63) is 64.5 Å². The molecule has 1 aliphatic heterocycles. The molecule has 0 bridgehead atoms. The molecule has 2 heterocycles. The summed E-state index contributed by atoms with van der Waals surface area (Å²) in [7, 11) is 1.75. The van der Waals surface area contributed by atoms with Crippen LogP contribution in [0.5, 0.6) is 0 Å². The van der Waals surface area contributed by atoms with Crippen LogP contribution in [0.25, 0.3) is 11.4 Å². The summed E-state index contributed by atoms with van der Waals surface area (Å²) in [5.41, 5.74) is 3.61. The normalized spacial score (nSPS) is 12.9. The second kappa shape index (κ2) is 12.2. The number of hydrogen-bond acceptors (Lipinski definition) is 8. The van der Waals surface area contributed by atoms with Crippen LogP contribution >= 0.6 is 11.6 Å². The van der Waals surface area contributed by atoms with Gasteiger partial charge in [0.05, 0.1) is 23.8 Å². The lowest BCUT2D eigenvalue weighted by Crippen LogP contribution is -2.48. The number of aromatic nitrogens is 2. The van der Waals surface area contributed by atoms with Crippen molar-refractivity contribution in [2.24, 2.45) is 0 Å². The predicted molar refractivity (Wildman–Crippen MR) is 142 cm³/mol. The number of hydrogen-bond donors (Lipinski definition) is 2. The number of anilines is 1. The highest BCUT2D eigenvalue weighted by molar-refractivity contribution is 6.33. The van der Waals surface area contributed by atoms with Crippen LogP contribution in [0.3, 0.4) is 0 Å². The van der Waals surface area contributed by atoms with Gasteiger partial charge in [-0.15, -0.1) is 0 Å². The summed E-state index contributed by atoms with van der Waals surface area (Å²) in [6.07, 6.45) is 0. The van der Waals surface area contributed by atoms with Gasteiger partial charge in [0, 0.05) is 45.7 Å². The first kappa shape index (κ1) is 26.6. The van der Waals surface area contributed by atoms with Gasteiger partial charge in [0.25, 0.3) is 5.91 Å². The molecule has 0 unspecified atom stereocenters. The van der Waals surface area contributed by atoms with E-state index in [2.05, 4.69) is 32.9 Å². The van der Waals surface area contributed by atoms with Gasteiger partial charge in [-0.05, 0) is 35.9 Å². The summed E-state index contributed by atoms with van der Waals surface area (Å²) >= 11 is 6.58. The molecule has 4 rings (SSSR count). The molecule has 0 aliphatic carbocycles. The summed E-state index contributed by atoms with van der Waals surface area (Å²) in [6.45, 7) is 6.89. The minimum Gasteiger partial charge on any atom is -0.353 e. The van der Waals surface area contributed by atoms with Crippen molar-refractivity contribution in [1.29, 1.82) is 0 Å². The van der Waals surface area contributed by atoms with E-state index in [4.69, 9.17) is 16.1 Å². The highest BCUT2D eigenvalue weighted by Gasteiger charge is 2.27. The number of amides is 2. The number of halogens is 1. The van der Waals surface area contributed by atoms with Crippen molar-refractivity contribution in [2.75, 3.05) is 44.7 Å². The van der Waals surface area contributed by atoms with Crippen LogP contribution in [0.15, 0.2) is 47.0 Å². The topological polar surface area (TPSA) is 107 Å². The van der Waals surface area contributed by atoms with Crippen molar-refractivity contribution in [3.63, 3.8) is 0 Å². The molecular formula is C26H32ClN7O3. The number of nitrogens with zero attached hydrogens (tertiary/aromatic N) is 5. The zero-order chi connectivity index (χ0) is 26.4. The van der Waals surface area contributed by atoms with E-state index in [-0.39, 0.29) is 24.9 Å². The largest absolute Gasteiger partial charge is 0.353 e. The Hall–Kier alpha value is -3.47. The predicted octanol–water partition coefficient (Wildman–Crippen LogP) is 2.62. The number of benzene rings is 2. The Bertz CT molecular complexity index is 1220. The van der Waals surface area contributed by atoms with Crippen molar-refractivity contribution in [1.82, 2.24) is 30.8 Å². The maximum atomic E-state index is 13.4. The number of rotatable bonds is 11. The van der Waals surface area contributed by atoms with Gasteiger partial charge >= 0.3 is 0 Å². The standard InChI is InChI=1S/C26H32ClN7O3/c1-4-28-11-12-29-24(35)16-33(23-13-19(9-10-22(23)27)26-30-18(2)37-31-26)17-25(36)32(3)34-14-20-7-5-6-8-21(20)15-34/h5-10,13,28H,4,11-12,14-17H2,1-3H3,(H,29,35). The quantitative estimate of drug-likeness (QED) is 0.368. The van der Waals surface area contributed by atoms with Crippen LogP contribution in [-0.2, 0) is 22.7 Å². The van der Waals surface area contributed by atoms with Gasteiger partial charge < -0.3 is 20.1 Å². The van der Waals surface area contributed by atoms with Crippen LogP contribution in [-0.4, -0.2) is 71.7 Å². The van der Waals surface area contributed by atoms with Crippen LogP contribution in [0.4, 0.5) is 5.69 Å². The zero-order valence-corrected chi connectivity index (χ0v) is 22.1. The molecule has 2 N–H and O–H groups in total. The van der Waals surface area contributed by atoms with Crippen molar-refractivity contribution in [3.8, 4) is 11.4 Å². The molecule has 1 aliphatic rings. The van der Waals surface area contributed by atoms with E-state index < -0.39 is 0 Å². The molecule has 2 amide bonds. The van der Waals surface area contributed by atoms with Crippen molar-refractivity contribution < 1.29 is 14.1 Å². The Labute approximate surface area is 221 Å². The van der Waals surface area contributed by atoms with E-state index >= 15 is 0 Å². The smallest absolute Gasteiger partial charge is 0.256 e. The van der Waals surface area contributed by atoms with Gasteiger partial charge in [-0.1, -0.05) is 47.9 Å². The molecule has 37 heavy (non-hydrogen) atoms. The van der Waals surface area contributed by atoms with Crippen molar-refractivity contribution >= 4 is 29.1 Å². The molecule has 2 aromatic carbocycles. The van der Waals surface area contributed by atoms with Crippen LogP contribution in [0.1, 0.15) is 23.9 Å². The highest BCUT2D eigenvalue weighted by atomic mass is 35.5. The van der Waals surface area contributed by atoms with Gasteiger partial charge in [0.1, 0.15) is 0 Å². The average molecular weight is 526 g/mol. The van der Waals surface area contributed by atoms with Gasteiger partial charge in [-0.2, -0.15) is 4.98 Å². The summed E-state index contributed by atoms with van der Waals surface area (Å²) in [6, 6.07) is 13.4. The number of likely N-dealkylation sites (N-methyl/N-ethyl adjacent to an activating group) is 2. The number of carbonyl (C=O) groups excluding carboxylic acids is 2. The molecule has 0 fully saturated rings. The molecular weight excluding hydrogens is 494 g/mol. The molecule has 0 spiro atoms. The number of aryl methyl sites for hydroxylation is 1. The molecule has 0 atom stereocenters. The summed E-state index contributed by atoms with van der Waals surface area (Å²) < 4.78 is 5.11. The van der Waals surface area contributed by atoms with E-state index in [1.807, 2.05) is 24.1 Å². The Balaban J connectivity index is 1.53. The van der Waals surface area contributed by atoms with Crippen LogP contribution in [0.2, 0.25) is 5.02 Å². The number of hydrazine groups is 1. The average Bonchev–Trinajstić information content (AvgIpc) is 3.52. The van der Waals surface area contributed by atoms with Crippen LogP contribution < -0.4 is 15.5 Å². The maximum absolute atomic E-state index is 13.4. The Kier molecular flexibility index (Phi) is 8.75. The van der Waals surface area contributed by atoms with Crippen LogP contribution in [0, 0.1) is 6.92 Å². The summed E-state index contributed by atoms with van der Waals surface area (Å²) in [5.74, 6) is 0.472. The van der Waals surface area contributed by atoms with E-state index in [9.17, 15) is 9.59 Å². The third kappa shape index (κ3) is 6.65. The second-order valence-corrected chi connectivity index (χ2v) is 9.28. The maximum Gasteiger partial charge on any atom is 0.256 e. The number of carbonyl (C=O) groups is 2. The molecule has 11 heteroatoms. The first-order valence-electron chi connectivity index (χ1n) is 12.3. The first-order valence-corrected chi connectivity index (χ1v) is 12.6. The Morgan fingerprint density at radius 3 is 2.49 bits per heavy atom. The Morgan fingerprint density at radius 2 is 1.84 bits per heavy atom. The second-order valence-electron chi connectivity index (χ2n) is 8.87. The fourth-order valence-electron chi connectivity index (χ4n) is 4.18. The molecule has 0 saturated carbocycles. The lowest BCUT2D eigenvalue weighted by molar-refractivity contribution is -0.145. The Morgan fingerprint density at radius 1 is 1.11 bits per heavy atom. The third-order valence-corrected chi connectivity index (χ3v) is 6.54. The van der Waals surface area contributed by atoms with Gasteiger partial charge in [0.15, 0.2) is 0 Å². The summed E-state index contributed by atoms with van der Waals surface area (Å²) in [5, 5.41) is 14.1. The molecule has 0 radical (unpaired) electrons. The monoisotopic (exact) mass is 525 g/mol. The van der Waals surface area contributed by atoms with E-state index in [1.165, 1.54) is 11.1 Å². The SMILES string of the molecule is CCNCCNC(=O)CN(CC(=O)N(C)N1Cc2ccccc2C1)c1cc(-c2noc(C)n2)ccc1Cl. The number of fused-ring (bicyclic) bond motifs is 1. The highest BCUT2D eigenvalue weighted by Crippen LogP contribution is 2.31. The molecule has 0 saturated heterocycles. The zero-order valence-electron chi connectivity index (χ0n) is 21.3. The first-order chi connectivity index (χ1) is 17.9. The fraction of sp³-hybridized carbons (Fsp3) is 0.385. The molecule has 1 aromatic heterocycles. The third-order valence-electron chi connectivity index (χ3n) is 6.22. The lowest BCUT2D eigenvalue weighted by atomic mass is 10.1. The lowest BCUT2D eigenvalue weighted by Gasteiger charge is -2.31. The summed E-state index contributed by atoms with van der Waals surface area (Å²) in [4.78, 5) is 32.2. The van der Waals surface area contributed by atoms with Gasteiger partial charge in [-0.25, -0.2) is 5.01 Å². The van der Waals surface area contributed by atoms with E-state index in [0.717, 1.165) is 6.54 Å². The van der Waals surface area contributed by atoms with Crippen molar-refractivity contribution in [2.45, 2.75) is 26.9 Å². The van der Waals surface area contributed by atoms with E-state index in [1.54, 1.807) is 42.1 Å². The van der Waals surface area contributed by atoms with E-state index in [0.29, 0.717) is 54.2 Å². The van der Waals surface area contributed by atoms with Gasteiger partial charge in [0.2, 0.25) is 17.6 Å². The number of nitrogens with one attached hydrogen (secondary N) is 2. The van der Waals surface area contributed by atoms with Gasteiger partial charge in [-0.3, -0.25) is 14.6 Å². The molecule has 196 valence electrons.